The van der Waals surface area contributed by atoms with E-state index in [0.29, 0.717) is 16.5 Å². The number of rotatable bonds is 6. The van der Waals surface area contributed by atoms with Crippen molar-refractivity contribution in [2.45, 2.75) is 17.7 Å². The lowest BCUT2D eigenvalue weighted by atomic mass is 10.0. The second-order valence-electron chi connectivity index (χ2n) is 4.76. The Morgan fingerprint density at radius 2 is 2.05 bits per heavy atom. The van der Waals surface area contributed by atoms with Gasteiger partial charge in [0.05, 0.1) is 10.6 Å². The first kappa shape index (κ1) is 15.7. The van der Waals surface area contributed by atoms with Crippen LogP contribution in [0.5, 0.6) is 0 Å². The Hall–Kier alpha value is -1.66. The highest BCUT2D eigenvalue weighted by Gasteiger charge is 2.19. The number of anilines is 2. The largest absolute Gasteiger partial charge is 0.396 e. The number of nitrogen functional groups attached to an aromatic ring is 1. The number of thioether (sulfide) groups is 1. The van der Waals surface area contributed by atoms with E-state index < -0.39 is 5.91 Å². The average molecular weight is 321 g/mol. The van der Waals surface area contributed by atoms with Gasteiger partial charge in [-0.15, -0.1) is 23.1 Å². The molecule has 0 saturated heterocycles. The molecule has 4 nitrogen and oxygen atoms in total. The number of amides is 1. The van der Waals surface area contributed by atoms with Gasteiger partial charge in [0.25, 0.3) is 5.91 Å². The molecule has 5 N–H and O–H groups in total. The smallest absolute Gasteiger partial charge is 0.261 e. The minimum absolute atomic E-state index is 0.362. The molecule has 1 aromatic heterocycles. The van der Waals surface area contributed by atoms with Crippen molar-refractivity contribution in [1.82, 2.24) is 0 Å². The number of carbonyl (C=O) groups excluding carboxylic acids is 1. The summed E-state index contributed by atoms with van der Waals surface area (Å²) in [6.07, 6.45) is 1.94. The summed E-state index contributed by atoms with van der Waals surface area (Å²) in [7, 11) is 0. The van der Waals surface area contributed by atoms with E-state index >= 15 is 0 Å². The van der Waals surface area contributed by atoms with E-state index in [1.165, 1.54) is 28.7 Å². The maximum atomic E-state index is 11.4. The SMILES string of the molecule is CSc1c(NCC(C)c2ccccc2)sc(C(N)=O)c1N. The fourth-order valence-electron chi connectivity index (χ4n) is 2.08. The summed E-state index contributed by atoms with van der Waals surface area (Å²) >= 11 is 2.85. The van der Waals surface area contributed by atoms with Gasteiger partial charge in [0, 0.05) is 6.54 Å². The molecule has 1 amide bonds. The zero-order valence-corrected chi connectivity index (χ0v) is 13.7. The lowest BCUT2D eigenvalue weighted by Gasteiger charge is -2.13. The highest BCUT2D eigenvalue weighted by molar-refractivity contribution is 7.99. The van der Waals surface area contributed by atoms with Gasteiger partial charge in [-0.3, -0.25) is 4.79 Å². The Morgan fingerprint density at radius 3 is 2.62 bits per heavy atom. The van der Waals surface area contributed by atoms with Gasteiger partial charge in [0.15, 0.2) is 0 Å². The van der Waals surface area contributed by atoms with Gasteiger partial charge in [-0.25, -0.2) is 0 Å². The molecular weight excluding hydrogens is 302 g/mol. The van der Waals surface area contributed by atoms with Crippen molar-refractivity contribution in [3.63, 3.8) is 0 Å². The average Bonchev–Trinajstić information content (AvgIpc) is 2.81. The molecule has 0 spiro atoms. The summed E-state index contributed by atoms with van der Waals surface area (Å²) in [5.41, 5.74) is 13.1. The summed E-state index contributed by atoms with van der Waals surface area (Å²) in [4.78, 5) is 12.7. The van der Waals surface area contributed by atoms with Crippen LogP contribution >= 0.6 is 23.1 Å². The second-order valence-corrected chi connectivity index (χ2v) is 6.60. The van der Waals surface area contributed by atoms with Crippen molar-refractivity contribution in [1.29, 1.82) is 0 Å². The molecule has 21 heavy (non-hydrogen) atoms. The van der Waals surface area contributed by atoms with Crippen LogP contribution in [0.25, 0.3) is 0 Å². The number of carbonyl (C=O) groups is 1. The Bertz CT molecular complexity index is 625. The van der Waals surface area contributed by atoms with E-state index in [-0.39, 0.29) is 0 Å². The third kappa shape index (κ3) is 3.51. The van der Waals surface area contributed by atoms with Gasteiger partial charge >= 0.3 is 0 Å². The highest BCUT2D eigenvalue weighted by atomic mass is 32.2. The number of nitrogens with one attached hydrogen (secondary N) is 1. The minimum atomic E-state index is -0.475. The Labute approximate surface area is 132 Å². The topological polar surface area (TPSA) is 81.1 Å². The number of primary amides is 1. The van der Waals surface area contributed by atoms with Gasteiger partial charge in [0.1, 0.15) is 9.88 Å². The van der Waals surface area contributed by atoms with Crippen molar-refractivity contribution in [2.75, 3.05) is 23.9 Å². The third-order valence-corrected chi connectivity index (χ3v) is 5.40. The van der Waals surface area contributed by atoms with Crippen LogP contribution in [0.2, 0.25) is 0 Å². The first-order chi connectivity index (χ1) is 10.0. The zero-order chi connectivity index (χ0) is 15.4. The van der Waals surface area contributed by atoms with Crippen molar-refractivity contribution < 1.29 is 4.79 Å². The van der Waals surface area contributed by atoms with E-state index in [9.17, 15) is 4.79 Å². The lowest BCUT2D eigenvalue weighted by Crippen LogP contribution is -2.10. The van der Waals surface area contributed by atoms with Crippen molar-refractivity contribution in [3.8, 4) is 0 Å². The van der Waals surface area contributed by atoms with E-state index in [2.05, 4.69) is 24.4 Å². The normalized spacial score (nSPS) is 12.1. The van der Waals surface area contributed by atoms with Crippen LogP contribution in [0.15, 0.2) is 35.2 Å². The third-order valence-electron chi connectivity index (χ3n) is 3.26. The number of benzene rings is 1. The zero-order valence-electron chi connectivity index (χ0n) is 12.1. The van der Waals surface area contributed by atoms with Crippen LogP contribution in [0.1, 0.15) is 28.1 Å². The highest BCUT2D eigenvalue weighted by Crippen LogP contribution is 2.41. The Kier molecular flexibility index (Phi) is 5.14. The molecule has 1 heterocycles. The monoisotopic (exact) mass is 321 g/mol. The molecule has 0 saturated carbocycles. The first-order valence-corrected chi connectivity index (χ1v) is 8.63. The van der Waals surface area contributed by atoms with Gasteiger partial charge in [-0.1, -0.05) is 37.3 Å². The molecular formula is C15H19N3OS2. The summed E-state index contributed by atoms with van der Waals surface area (Å²) < 4.78 is 0. The summed E-state index contributed by atoms with van der Waals surface area (Å²) in [6.45, 7) is 2.93. The number of hydrogen-bond donors (Lipinski definition) is 3. The van der Waals surface area contributed by atoms with Crippen LogP contribution in [0.3, 0.4) is 0 Å². The lowest BCUT2D eigenvalue weighted by molar-refractivity contribution is 0.100. The van der Waals surface area contributed by atoms with Crippen molar-refractivity contribution in [3.05, 3.63) is 40.8 Å². The predicted molar refractivity (Wildman–Crippen MR) is 92.4 cm³/mol. The molecule has 1 unspecified atom stereocenters. The van der Waals surface area contributed by atoms with Gasteiger partial charge in [-0.2, -0.15) is 0 Å². The molecule has 112 valence electrons. The number of thiophene rings is 1. The molecule has 0 aliphatic rings. The van der Waals surface area contributed by atoms with E-state index in [4.69, 9.17) is 11.5 Å². The summed E-state index contributed by atoms with van der Waals surface area (Å²) in [5, 5.41) is 4.30. The van der Waals surface area contributed by atoms with Crippen LogP contribution in [0, 0.1) is 0 Å². The number of nitrogens with two attached hydrogens (primary N) is 2. The van der Waals surface area contributed by atoms with E-state index in [1.54, 1.807) is 0 Å². The quantitative estimate of drug-likeness (QED) is 0.713. The maximum absolute atomic E-state index is 11.4. The van der Waals surface area contributed by atoms with Gasteiger partial charge < -0.3 is 16.8 Å². The summed E-state index contributed by atoms with van der Waals surface area (Å²) in [6, 6.07) is 10.3. The molecule has 0 bridgehead atoms. The molecule has 0 aliphatic heterocycles. The minimum Gasteiger partial charge on any atom is -0.396 e. The first-order valence-electron chi connectivity index (χ1n) is 6.59. The predicted octanol–water partition coefficient (Wildman–Crippen LogP) is 3.37. The van der Waals surface area contributed by atoms with Crippen molar-refractivity contribution >= 4 is 39.7 Å². The standard InChI is InChI=1S/C15H19N3OS2/c1-9(10-6-4-3-5-7-10)8-18-15-13(20-2)11(16)12(21-15)14(17)19/h3-7,9,18H,8,16H2,1-2H3,(H2,17,19). The van der Waals surface area contributed by atoms with E-state index in [0.717, 1.165) is 16.4 Å². The fourth-order valence-corrected chi connectivity index (χ4v) is 3.97. The van der Waals surface area contributed by atoms with Gasteiger partial charge in [0.2, 0.25) is 0 Å². The van der Waals surface area contributed by atoms with Crippen molar-refractivity contribution in [2.24, 2.45) is 5.73 Å². The van der Waals surface area contributed by atoms with Crippen LogP contribution in [-0.4, -0.2) is 18.7 Å². The molecule has 0 radical (unpaired) electrons. The van der Waals surface area contributed by atoms with E-state index in [1.807, 2.05) is 24.5 Å². The Balaban J connectivity index is 2.13. The molecule has 0 fully saturated rings. The molecule has 1 atom stereocenters. The molecule has 2 aromatic rings. The molecule has 2 rings (SSSR count). The Morgan fingerprint density at radius 1 is 1.38 bits per heavy atom. The second kappa shape index (κ2) is 6.87. The molecule has 1 aromatic carbocycles. The maximum Gasteiger partial charge on any atom is 0.261 e. The fraction of sp³-hybridized carbons (Fsp3) is 0.267. The molecule has 0 aliphatic carbocycles. The number of hydrogen-bond acceptors (Lipinski definition) is 5. The molecule has 6 heteroatoms. The van der Waals surface area contributed by atoms with Crippen LogP contribution in [0.4, 0.5) is 10.7 Å². The van der Waals surface area contributed by atoms with Crippen LogP contribution in [-0.2, 0) is 0 Å². The summed E-state index contributed by atoms with van der Waals surface area (Å²) in [5.74, 6) is -0.113. The van der Waals surface area contributed by atoms with Gasteiger partial charge in [-0.05, 0) is 17.7 Å². The van der Waals surface area contributed by atoms with Crippen LogP contribution < -0.4 is 16.8 Å².